The van der Waals surface area contributed by atoms with Gasteiger partial charge in [0.15, 0.2) is 5.96 Å². The molecule has 1 aromatic heterocycles. The van der Waals surface area contributed by atoms with Crippen molar-refractivity contribution in [2.45, 2.75) is 18.1 Å². The van der Waals surface area contributed by atoms with Gasteiger partial charge < -0.3 is 15.0 Å². The van der Waals surface area contributed by atoms with Crippen LogP contribution < -0.4 is 10.0 Å². The molecule has 0 bridgehead atoms. The van der Waals surface area contributed by atoms with Gasteiger partial charge in [-0.3, -0.25) is 9.79 Å². The molecule has 26 heavy (non-hydrogen) atoms. The average molecular weight is 403 g/mol. The van der Waals surface area contributed by atoms with E-state index in [9.17, 15) is 13.2 Å². The molecule has 1 fully saturated rings. The maximum Gasteiger partial charge on any atom is 0.310 e. The van der Waals surface area contributed by atoms with E-state index in [1.54, 1.807) is 17.5 Å². The molecule has 1 aromatic rings. The molecule has 0 aliphatic carbocycles. The molecule has 0 amide bonds. The van der Waals surface area contributed by atoms with Crippen molar-refractivity contribution in [3.05, 3.63) is 17.5 Å². The number of rotatable bonds is 7. The van der Waals surface area contributed by atoms with E-state index in [0.717, 1.165) is 0 Å². The highest BCUT2D eigenvalue weighted by Gasteiger charge is 2.36. The lowest BCUT2D eigenvalue weighted by Crippen LogP contribution is -2.41. The number of nitrogens with zero attached hydrogens (tertiary/aromatic N) is 2. The average Bonchev–Trinajstić information content (AvgIpc) is 3.27. The Labute approximate surface area is 158 Å². The molecular formula is C16H26N4O4S2. The first-order valence-corrected chi connectivity index (χ1v) is 10.9. The van der Waals surface area contributed by atoms with Gasteiger partial charge in [0.05, 0.1) is 19.6 Å². The Hall–Kier alpha value is -1.65. The van der Waals surface area contributed by atoms with Crippen LogP contribution in [0, 0.1) is 11.8 Å². The van der Waals surface area contributed by atoms with E-state index < -0.39 is 10.0 Å². The van der Waals surface area contributed by atoms with Gasteiger partial charge in [-0.1, -0.05) is 13.0 Å². The minimum Gasteiger partial charge on any atom is -0.469 e. The zero-order valence-electron chi connectivity index (χ0n) is 15.3. The molecule has 10 heteroatoms. The van der Waals surface area contributed by atoms with Crippen LogP contribution in [0.2, 0.25) is 0 Å². The number of hydrogen-bond donors (Lipinski definition) is 2. The molecule has 1 saturated heterocycles. The predicted molar refractivity (Wildman–Crippen MR) is 102 cm³/mol. The number of ether oxygens (including phenoxy) is 1. The molecule has 1 aliphatic rings. The van der Waals surface area contributed by atoms with Crippen molar-refractivity contribution in [1.82, 2.24) is 14.9 Å². The molecule has 0 spiro atoms. The Balaban J connectivity index is 1.94. The zero-order chi connectivity index (χ0) is 19.2. The highest BCUT2D eigenvalue weighted by atomic mass is 32.2. The van der Waals surface area contributed by atoms with Crippen LogP contribution in [0.25, 0.3) is 0 Å². The maximum absolute atomic E-state index is 12.1. The summed E-state index contributed by atoms with van der Waals surface area (Å²) in [6.07, 6.45) is 0. The quantitative estimate of drug-likeness (QED) is 0.302. The van der Waals surface area contributed by atoms with Crippen molar-refractivity contribution >= 4 is 33.3 Å². The van der Waals surface area contributed by atoms with Crippen molar-refractivity contribution in [1.29, 1.82) is 0 Å². The number of aliphatic imine (C=N–C) groups is 1. The molecule has 2 rings (SSSR count). The predicted octanol–water partition coefficient (Wildman–Crippen LogP) is 0.733. The Morgan fingerprint density at radius 2 is 2.23 bits per heavy atom. The standard InChI is InChI=1S/C16H26N4O4S2/c1-4-17-16(20-10-12(2)13(11-20)15(21)24-3)18-7-8-19-26(22,23)14-6-5-9-25-14/h5-6,9,12-13,19H,4,7-8,10-11H2,1-3H3,(H,17,18). The topological polar surface area (TPSA) is 100 Å². The second kappa shape index (κ2) is 9.33. The van der Waals surface area contributed by atoms with Gasteiger partial charge in [-0.2, -0.15) is 0 Å². The minimum absolute atomic E-state index is 0.170. The van der Waals surface area contributed by atoms with Gasteiger partial charge in [-0.25, -0.2) is 13.1 Å². The number of hydrogen-bond acceptors (Lipinski definition) is 6. The normalized spacial score (nSPS) is 21.0. The van der Waals surface area contributed by atoms with E-state index >= 15 is 0 Å². The highest BCUT2D eigenvalue weighted by molar-refractivity contribution is 7.91. The molecule has 0 saturated carbocycles. The van der Waals surface area contributed by atoms with Crippen molar-refractivity contribution in [2.75, 3.05) is 39.8 Å². The number of nitrogens with one attached hydrogen (secondary N) is 2. The van der Waals surface area contributed by atoms with Crippen LogP contribution >= 0.6 is 11.3 Å². The van der Waals surface area contributed by atoms with Crippen LogP contribution in [0.1, 0.15) is 13.8 Å². The fraction of sp³-hybridized carbons (Fsp3) is 0.625. The molecule has 2 N–H and O–H groups in total. The van der Waals surface area contributed by atoms with E-state index in [2.05, 4.69) is 15.0 Å². The fourth-order valence-electron chi connectivity index (χ4n) is 2.85. The van der Waals surface area contributed by atoms with Crippen molar-refractivity contribution in [2.24, 2.45) is 16.8 Å². The molecule has 2 atom stereocenters. The third-order valence-corrected chi connectivity index (χ3v) is 7.03. The second-order valence-electron chi connectivity index (χ2n) is 6.08. The van der Waals surface area contributed by atoms with E-state index in [1.165, 1.54) is 18.4 Å². The maximum atomic E-state index is 12.1. The van der Waals surface area contributed by atoms with Gasteiger partial charge in [0, 0.05) is 26.2 Å². The SMILES string of the molecule is CCNC(=NCCNS(=O)(=O)c1cccs1)N1CC(C)C(C(=O)OC)C1. The van der Waals surface area contributed by atoms with Crippen LogP contribution in [0.5, 0.6) is 0 Å². The summed E-state index contributed by atoms with van der Waals surface area (Å²) >= 11 is 1.18. The summed E-state index contributed by atoms with van der Waals surface area (Å²) in [6.45, 7) is 6.42. The molecule has 146 valence electrons. The van der Waals surface area contributed by atoms with Gasteiger partial charge in [0.25, 0.3) is 0 Å². The number of sulfonamides is 1. The lowest BCUT2D eigenvalue weighted by molar-refractivity contribution is -0.145. The monoisotopic (exact) mass is 402 g/mol. The van der Waals surface area contributed by atoms with Crippen molar-refractivity contribution in [3.8, 4) is 0 Å². The molecular weight excluding hydrogens is 376 g/mol. The summed E-state index contributed by atoms with van der Waals surface area (Å²) in [5.41, 5.74) is 0. The Kier molecular flexibility index (Phi) is 7.42. The van der Waals surface area contributed by atoms with Crippen LogP contribution in [0.4, 0.5) is 0 Å². The Morgan fingerprint density at radius 1 is 1.46 bits per heavy atom. The van der Waals surface area contributed by atoms with Crippen LogP contribution in [0.15, 0.2) is 26.7 Å². The summed E-state index contributed by atoms with van der Waals surface area (Å²) in [7, 11) is -2.07. The van der Waals surface area contributed by atoms with Gasteiger partial charge in [0.2, 0.25) is 10.0 Å². The van der Waals surface area contributed by atoms with E-state index in [0.29, 0.717) is 36.3 Å². The number of methoxy groups -OCH3 is 1. The summed E-state index contributed by atoms with van der Waals surface area (Å²) in [5, 5.41) is 4.92. The van der Waals surface area contributed by atoms with Crippen molar-refractivity contribution < 1.29 is 17.9 Å². The van der Waals surface area contributed by atoms with Crippen LogP contribution in [-0.4, -0.2) is 65.1 Å². The lowest BCUT2D eigenvalue weighted by atomic mass is 9.99. The molecule has 2 unspecified atom stereocenters. The van der Waals surface area contributed by atoms with Crippen LogP contribution in [0.3, 0.4) is 0 Å². The largest absolute Gasteiger partial charge is 0.469 e. The Morgan fingerprint density at radius 3 is 2.85 bits per heavy atom. The highest BCUT2D eigenvalue weighted by Crippen LogP contribution is 2.24. The Bertz CT molecular complexity index is 719. The third-order valence-electron chi connectivity index (χ3n) is 4.18. The zero-order valence-corrected chi connectivity index (χ0v) is 16.9. The first kappa shape index (κ1) is 20.7. The minimum atomic E-state index is -3.47. The van der Waals surface area contributed by atoms with E-state index in [-0.39, 0.29) is 24.3 Å². The van der Waals surface area contributed by atoms with Crippen LogP contribution in [-0.2, 0) is 19.6 Å². The number of carbonyl (C=O) groups excluding carboxylic acids is 1. The summed E-state index contributed by atoms with van der Waals surface area (Å²) < 4.78 is 31.9. The first-order chi connectivity index (χ1) is 12.4. The number of carbonyl (C=O) groups is 1. The first-order valence-electron chi connectivity index (χ1n) is 8.53. The van der Waals surface area contributed by atoms with E-state index in [4.69, 9.17) is 4.74 Å². The molecule has 1 aliphatic heterocycles. The van der Waals surface area contributed by atoms with Gasteiger partial charge >= 0.3 is 5.97 Å². The smallest absolute Gasteiger partial charge is 0.310 e. The number of thiophene rings is 1. The summed E-state index contributed by atoms with van der Waals surface area (Å²) in [6, 6.07) is 3.27. The summed E-state index contributed by atoms with van der Waals surface area (Å²) in [4.78, 5) is 18.4. The van der Waals surface area contributed by atoms with Gasteiger partial charge in [0.1, 0.15) is 4.21 Å². The van der Waals surface area contributed by atoms with E-state index in [1.807, 2.05) is 18.7 Å². The number of likely N-dealkylation sites (tertiary alicyclic amines) is 1. The van der Waals surface area contributed by atoms with Gasteiger partial charge in [-0.05, 0) is 24.3 Å². The van der Waals surface area contributed by atoms with Crippen molar-refractivity contribution in [3.63, 3.8) is 0 Å². The molecule has 2 heterocycles. The lowest BCUT2D eigenvalue weighted by Gasteiger charge is -2.21. The number of esters is 1. The molecule has 0 radical (unpaired) electrons. The molecule has 0 aromatic carbocycles. The summed E-state index contributed by atoms with van der Waals surface area (Å²) in [5.74, 6) is 0.463. The third kappa shape index (κ3) is 5.18. The second-order valence-corrected chi connectivity index (χ2v) is 9.02. The molecule has 8 nitrogen and oxygen atoms in total. The fourth-order valence-corrected chi connectivity index (χ4v) is 4.91. The van der Waals surface area contributed by atoms with Gasteiger partial charge in [-0.15, -0.1) is 11.3 Å². The number of guanidine groups is 1.